The molecule has 0 bridgehead atoms. The smallest absolute Gasteiger partial charge is 0.241 e. The fourth-order valence-corrected chi connectivity index (χ4v) is 2.74. The lowest BCUT2D eigenvalue weighted by atomic mass is 10.1. The van der Waals surface area contributed by atoms with E-state index in [4.69, 9.17) is 9.47 Å². The number of amides is 1. The van der Waals surface area contributed by atoms with Gasteiger partial charge >= 0.3 is 0 Å². The number of hydrogen-bond acceptors (Lipinski definition) is 5. The van der Waals surface area contributed by atoms with E-state index in [9.17, 15) is 4.79 Å². The van der Waals surface area contributed by atoms with Gasteiger partial charge in [-0.1, -0.05) is 12.1 Å². The van der Waals surface area contributed by atoms with Crippen molar-refractivity contribution in [2.75, 3.05) is 14.2 Å². The molecule has 0 aliphatic rings. The molecular weight excluding hydrogens is 344 g/mol. The van der Waals surface area contributed by atoms with Crippen molar-refractivity contribution in [3.8, 4) is 11.5 Å². The van der Waals surface area contributed by atoms with Gasteiger partial charge in [-0.25, -0.2) is 10.4 Å². The molecule has 0 spiro atoms. The lowest BCUT2D eigenvalue weighted by Crippen LogP contribution is -2.20. The quantitative estimate of drug-likeness (QED) is 0.515. The van der Waals surface area contributed by atoms with E-state index in [2.05, 4.69) is 15.5 Å². The predicted octanol–water partition coefficient (Wildman–Crippen LogP) is 2.98. The Morgan fingerprint density at radius 1 is 1.15 bits per heavy atom. The van der Waals surface area contributed by atoms with Gasteiger partial charge in [0.25, 0.3) is 0 Å². The molecule has 27 heavy (non-hydrogen) atoms. The highest BCUT2D eigenvalue weighted by Gasteiger charge is 2.08. The second-order valence-corrected chi connectivity index (χ2v) is 5.98. The standard InChI is InChI=1S/C20H22N4O3/c1-14(15-8-9-18(26-2)19(12-15)27-3)22-23-20(25)10-11-24-13-21-16-6-4-5-7-17(16)24/h4-9,12-13H,10-11H2,1-3H3,(H,23,25). The Morgan fingerprint density at radius 3 is 2.70 bits per heavy atom. The van der Waals surface area contributed by atoms with E-state index in [1.54, 1.807) is 26.6 Å². The summed E-state index contributed by atoms with van der Waals surface area (Å²) in [4.78, 5) is 16.5. The number of carbonyl (C=O) groups excluding carboxylic acids is 1. The maximum Gasteiger partial charge on any atom is 0.241 e. The summed E-state index contributed by atoms with van der Waals surface area (Å²) in [6.07, 6.45) is 2.05. The van der Waals surface area contributed by atoms with Gasteiger partial charge in [0, 0.05) is 18.5 Å². The summed E-state index contributed by atoms with van der Waals surface area (Å²) in [7, 11) is 3.16. The number of hydrazone groups is 1. The maximum absolute atomic E-state index is 12.1. The van der Waals surface area contributed by atoms with Gasteiger partial charge < -0.3 is 14.0 Å². The minimum absolute atomic E-state index is 0.160. The van der Waals surface area contributed by atoms with Crippen LogP contribution in [0.1, 0.15) is 18.9 Å². The summed E-state index contributed by atoms with van der Waals surface area (Å²) >= 11 is 0. The highest BCUT2D eigenvalue weighted by molar-refractivity contribution is 5.99. The topological polar surface area (TPSA) is 77.7 Å². The molecule has 3 rings (SSSR count). The van der Waals surface area contributed by atoms with E-state index in [1.807, 2.05) is 47.9 Å². The van der Waals surface area contributed by atoms with Crippen LogP contribution in [0.4, 0.5) is 0 Å². The average molecular weight is 366 g/mol. The van der Waals surface area contributed by atoms with E-state index in [-0.39, 0.29) is 5.91 Å². The third-order valence-corrected chi connectivity index (χ3v) is 4.26. The summed E-state index contributed by atoms with van der Waals surface area (Å²) in [6.45, 7) is 2.36. The van der Waals surface area contributed by atoms with Gasteiger partial charge in [0.15, 0.2) is 11.5 Å². The number of rotatable bonds is 7. The van der Waals surface area contributed by atoms with Gasteiger partial charge in [-0.15, -0.1) is 0 Å². The number of benzene rings is 2. The summed E-state index contributed by atoms with van der Waals surface area (Å²) in [5, 5.41) is 4.18. The number of para-hydroxylation sites is 2. The molecule has 1 heterocycles. The average Bonchev–Trinajstić information content (AvgIpc) is 3.13. The van der Waals surface area contributed by atoms with Crippen molar-refractivity contribution >= 4 is 22.7 Å². The molecule has 1 aromatic heterocycles. The number of hydrogen-bond donors (Lipinski definition) is 1. The first-order valence-electron chi connectivity index (χ1n) is 8.57. The maximum atomic E-state index is 12.1. The van der Waals surface area contributed by atoms with Crippen molar-refractivity contribution in [2.24, 2.45) is 5.10 Å². The molecule has 140 valence electrons. The van der Waals surface area contributed by atoms with Gasteiger partial charge in [0.1, 0.15) is 0 Å². The molecule has 1 N–H and O–H groups in total. The van der Waals surface area contributed by atoms with E-state index in [0.717, 1.165) is 16.6 Å². The molecule has 0 aliphatic heterocycles. The minimum atomic E-state index is -0.160. The highest BCUT2D eigenvalue weighted by atomic mass is 16.5. The van der Waals surface area contributed by atoms with Crippen LogP contribution in [0.5, 0.6) is 11.5 Å². The Morgan fingerprint density at radius 2 is 1.93 bits per heavy atom. The lowest BCUT2D eigenvalue weighted by molar-refractivity contribution is -0.121. The SMILES string of the molecule is COc1ccc(C(C)=NNC(=O)CCn2cnc3ccccc32)cc1OC. The Hall–Kier alpha value is -3.35. The zero-order valence-electron chi connectivity index (χ0n) is 15.6. The first-order chi connectivity index (χ1) is 13.1. The molecule has 2 aromatic carbocycles. The van der Waals surface area contributed by atoms with Crippen LogP contribution in [0.3, 0.4) is 0 Å². The van der Waals surface area contributed by atoms with Crippen molar-refractivity contribution < 1.29 is 14.3 Å². The van der Waals surface area contributed by atoms with Gasteiger partial charge in [0.2, 0.25) is 5.91 Å². The summed E-state index contributed by atoms with van der Waals surface area (Å²) in [5.41, 5.74) is 6.05. The van der Waals surface area contributed by atoms with Crippen LogP contribution >= 0.6 is 0 Å². The molecule has 0 saturated carbocycles. The van der Waals surface area contributed by atoms with Crippen molar-refractivity contribution in [1.82, 2.24) is 15.0 Å². The van der Waals surface area contributed by atoms with Crippen molar-refractivity contribution in [3.05, 3.63) is 54.4 Å². The Bertz CT molecular complexity index is 978. The first-order valence-corrected chi connectivity index (χ1v) is 8.57. The van der Waals surface area contributed by atoms with Gasteiger partial charge in [-0.2, -0.15) is 5.10 Å². The van der Waals surface area contributed by atoms with E-state index in [0.29, 0.717) is 30.2 Å². The number of fused-ring (bicyclic) bond motifs is 1. The minimum Gasteiger partial charge on any atom is -0.493 e. The second kappa shape index (κ2) is 8.35. The Kier molecular flexibility index (Phi) is 5.71. The van der Waals surface area contributed by atoms with Crippen LogP contribution in [-0.2, 0) is 11.3 Å². The predicted molar refractivity (Wildman–Crippen MR) is 104 cm³/mol. The fourth-order valence-electron chi connectivity index (χ4n) is 2.74. The summed E-state index contributed by atoms with van der Waals surface area (Å²) in [5.74, 6) is 1.10. The van der Waals surface area contributed by atoms with Crippen LogP contribution in [0.25, 0.3) is 11.0 Å². The molecule has 0 saturated heterocycles. The number of methoxy groups -OCH3 is 2. The summed E-state index contributed by atoms with van der Waals surface area (Å²) < 4.78 is 12.5. The molecule has 0 atom stereocenters. The van der Waals surface area contributed by atoms with E-state index >= 15 is 0 Å². The fraction of sp³-hybridized carbons (Fsp3) is 0.250. The largest absolute Gasteiger partial charge is 0.493 e. The third kappa shape index (κ3) is 4.25. The number of ether oxygens (including phenoxy) is 2. The van der Waals surface area contributed by atoms with Crippen LogP contribution < -0.4 is 14.9 Å². The van der Waals surface area contributed by atoms with E-state index in [1.165, 1.54) is 0 Å². The molecule has 0 aliphatic carbocycles. The number of nitrogens with one attached hydrogen (secondary N) is 1. The Labute approximate surface area is 157 Å². The number of nitrogens with zero attached hydrogens (tertiary/aromatic N) is 3. The molecule has 0 radical (unpaired) electrons. The van der Waals surface area contributed by atoms with Crippen LogP contribution in [0.2, 0.25) is 0 Å². The molecule has 7 heteroatoms. The van der Waals surface area contributed by atoms with Crippen LogP contribution in [-0.4, -0.2) is 35.4 Å². The van der Waals surface area contributed by atoms with Gasteiger partial charge in [0.05, 0.1) is 37.3 Å². The molecule has 0 fully saturated rings. The van der Waals surface area contributed by atoms with E-state index < -0.39 is 0 Å². The number of aryl methyl sites for hydroxylation is 1. The highest BCUT2D eigenvalue weighted by Crippen LogP contribution is 2.27. The zero-order valence-corrected chi connectivity index (χ0v) is 15.6. The molecular formula is C20H22N4O3. The summed E-state index contributed by atoms with van der Waals surface area (Å²) in [6, 6.07) is 13.3. The molecule has 1 amide bonds. The van der Waals surface area contributed by atoms with Gasteiger partial charge in [-0.3, -0.25) is 4.79 Å². The van der Waals surface area contributed by atoms with Crippen molar-refractivity contribution in [2.45, 2.75) is 19.9 Å². The Balaban J connectivity index is 1.60. The normalized spacial score (nSPS) is 11.4. The lowest BCUT2D eigenvalue weighted by Gasteiger charge is -2.09. The first kappa shape index (κ1) is 18.4. The number of imidazole rings is 1. The zero-order chi connectivity index (χ0) is 19.2. The molecule has 0 unspecified atom stereocenters. The third-order valence-electron chi connectivity index (χ3n) is 4.26. The van der Waals surface area contributed by atoms with Crippen molar-refractivity contribution in [3.63, 3.8) is 0 Å². The number of aromatic nitrogens is 2. The van der Waals surface area contributed by atoms with Gasteiger partial charge in [-0.05, 0) is 37.3 Å². The molecule has 7 nitrogen and oxygen atoms in total. The van der Waals surface area contributed by atoms with Crippen molar-refractivity contribution in [1.29, 1.82) is 0 Å². The second-order valence-electron chi connectivity index (χ2n) is 5.98. The number of carbonyl (C=O) groups is 1. The van der Waals surface area contributed by atoms with Crippen LogP contribution in [0.15, 0.2) is 53.9 Å². The monoisotopic (exact) mass is 366 g/mol. The molecule has 3 aromatic rings. The van der Waals surface area contributed by atoms with Crippen LogP contribution in [0, 0.1) is 0 Å².